The third-order valence-corrected chi connectivity index (χ3v) is 4.49. The van der Waals surface area contributed by atoms with Gasteiger partial charge in [0.1, 0.15) is 5.82 Å². The van der Waals surface area contributed by atoms with E-state index in [1.54, 1.807) is 12.1 Å². The third-order valence-electron chi connectivity index (χ3n) is 4.49. The van der Waals surface area contributed by atoms with Gasteiger partial charge in [-0.1, -0.05) is 0 Å². The van der Waals surface area contributed by atoms with Crippen LogP contribution in [0, 0.1) is 11.7 Å². The van der Waals surface area contributed by atoms with Crippen LogP contribution >= 0.6 is 0 Å². The number of ketones is 1. The fraction of sp³-hybridized carbons (Fsp3) is 0.588. The van der Waals surface area contributed by atoms with E-state index >= 15 is 0 Å². The number of benzene rings is 1. The Labute approximate surface area is 125 Å². The Morgan fingerprint density at radius 1 is 1.24 bits per heavy atom. The molecule has 1 aromatic rings. The van der Waals surface area contributed by atoms with Gasteiger partial charge < -0.3 is 9.64 Å². The van der Waals surface area contributed by atoms with Crippen molar-refractivity contribution in [3.05, 3.63) is 35.6 Å². The van der Waals surface area contributed by atoms with Crippen LogP contribution in [0.3, 0.4) is 0 Å². The molecule has 0 aliphatic carbocycles. The smallest absolute Gasteiger partial charge is 0.167 e. The molecule has 0 bridgehead atoms. The summed E-state index contributed by atoms with van der Waals surface area (Å²) in [6, 6.07) is 5.91. The van der Waals surface area contributed by atoms with E-state index in [9.17, 15) is 9.18 Å². The second kappa shape index (κ2) is 6.67. The fourth-order valence-electron chi connectivity index (χ4n) is 3.36. The molecule has 114 valence electrons. The number of nitrogens with zero attached hydrogens (tertiary/aromatic N) is 1. The molecule has 2 aliphatic heterocycles. The lowest BCUT2D eigenvalue weighted by atomic mass is 9.90. The highest BCUT2D eigenvalue weighted by Crippen LogP contribution is 2.23. The molecular weight excluding hydrogens is 269 g/mol. The van der Waals surface area contributed by atoms with Gasteiger partial charge in [0.2, 0.25) is 0 Å². The van der Waals surface area contributed by atoms with Crippen molar-refractivity contribution in [1.82, 2.24) is 4.90 Å². The largest absolute Gasteiger partial charge is 0.377 e. The minimum Gasteiger partial charge on any atom is -0.377 e. The summed E-state index contributed by atoms with van der Waals surface area (Å²) in [5, 5.41) is 0. The van der Waals surface area contributed by atoms with Crippen molar-refractivity contribution in [1.29, 1.82) is 0 Å². The van der Waals surface area contributed by atoms with Gasteiger partial charge in [-0.2, -0.15) is 0 Å². The molecular formula is C17H22FNO2. The average molecular weight is 291 g/mol. The summed E-state index contributed by atoms with van der Waals surface area (Å²) in [4.78, 5) is 14.9. The van der Waals surface area contributed by atoms with Gasteiger partial charge in [-0.15, -0.1) is 0 Å². The van der Waals surface area contributed by atoms with Crippen LogP contribution in [0.1, 0.15) is 36.0 Å². The summed E-state index contributed by atoms with van der Waals surface area (Å²) >= 11 is 0. The van der Waals surface area contributed by atoms with Gasteiger partial charge in [-0.25, -0.2) is 4.39 Å². The zero-order valence-corrected chi connectivity index (χ0v) is 12.3. The predicted molar refractivity (Wildman–Crippen MR) is 78.9 cm³/mol. The van der Waals surface area contributed by atoms with E-state index in [4.69, 9.17) is 4.74 Å². The molecule has 3 rings (SSSR count). The van der Waals surface area contributed by atoms with Gasteiger partial charge in [-0.3, -0.25) is 4.79 Å². The number of likely N-dealkylation sites (tertiary alicyclic amines) is 1. The molecule has 1 aromatic carbocycles. The minimum atomic E-state index is -0.296. The van der Waals surface area contributed by atoms with Crippen molar-refractivity contribution >= 4 is 5.78 Å². The third kappa shape index (κ3) is 3.69. The number of piperidine rings is 1. The fourth-order valence-corrected chi connectivity index (χ4v) is 3.36. The lowest BCUT2D eigenvalue weighted by molar-refractivity contribution is 0.0522. The Bertz CT molecular complexity index is 482. The van der Waals surface area contributed by atoms with E-state index in [1.165, 1.54) is 12.1 Å². The van der Waals surface area contributed by atoms with Crippen LogP contribution in [0.15, 0.2) is 24.3 Å². The zero-order chi connectivity index (χ0) is 14.7. The van der Waals surface area contributed by atoms with Crippen LogP contribution in [0.25, 0.3) is 0 Å². The summed E-state index contributed by atoms with van der Waals surface area (Å²) in [6.45, 7) is 3.66. The quantitative estimate of drug-likeness (QED) is 0.799. The Morgan fingerprint density at radius 2 is 2.05 bits per heavy atom. The van der Waals surface area contributed by atoms with E-state index in [0.29, 0.717) is 11.7 Å². The number of carbonyl (C=O) groups is 1. The molecule has 2 heterocycles. The van der Waals surface area contributed by atoms with Crippen molar-refractivity contribution < 1.29 is 13.9 Å². The molecule has 4 heteroatoms. The lowest BCUT2D eigenvalue weighted by Crippen LogP contribution is -2.42. The molecule has 2 atom stereocenters. The van der Waals surface area contributed by atoms with Gasteiger partial charge in [-0.05, 0) is 56.5 Å². The topological polar surface area (TPSA) is 29.5 Å². The summed E-state index contributed by atoms with van der Waals surface area (Å²) in [7, 11) is 0. The van der Waals surface area contributed by atoms with Gasteiger partial charge >= 0.3 is 0 Å². The summed E-state index contributed by atoms with van der Waals surface area (Å²) in [5.74, 6) is -0.118. The SMILES string of the molecule is O=C(c1ccc(F)cc1)[C@H]1CCCN(C[C@@H]2CCCO2)C1. The van der Waals surface area contributed by atoms with Gasteiger partial charge in [0, 0.05) is 31.2 Å². The second-order valence-corrected chi connectivity index (χ2v) is 6.10. The first-order chi connectivity index (χ1) is 10.2. The van der Waals surface area contributed by atoms with Crippen molar-refractivity contribution in [3.63, 3.8) is 0 Å². The highest BCUT2D eigenvalue weighted by molar-refractivity contribution is 5.98. The number of rotatable bonds is 4. The predicted octanol–water partition coefficient (Wildman–Crippen LogP) is 2.90. The van der Waals surface area contributed by atoms with Crippen molar-refractivity contribution in [3.8, 4) is 0 Å². The van der Waals surface area contributed by atoms with Gasteiger partial charge in [0.05, 0.1) is 6.10 Å². The maximum absolute atomic E-state index is 12.9. The molecule has 0 amide bonds. The zero-order valence-electron chi connectivity index (χ0n) is 12.3. The average Bonchev–Trinajstić information content (AvgIpc) is 3.00. The highest BCUT2D eigenvalue weighted by atomic mass is 19.1. The van der Waals surface area contributed by atoms with Crippen LogP contribution in [0.5, 0.6) is 0 Å². The number of hydrogen-bond acceptors (Lipinski definition) is 3. The first kappa shape index (κ1) is 14.7. The minimum absolute atomic E-state index is 0.0330. The molecule has 0 unspecified atom stereocenters. The Balaban J connectivity index is 1.59. The maximum atomic E-state index is 12.9. The molecule has 0 saturated carbocycles. The van der Waals surface area contributed by atoms with Crippen LogP contribution < -0.4 is 0 Å². The van der Waals surface area contributed by atoms with E-state index in [2.05, 4.69) is 4.90 Å². The summed E-state index contributed by atoms with van der Waals surface area (Å²) in [6.07, 6.45) is 4.59. The number of carbonyl (C=O) groups excluding carboxylic acids is 1. The lowest BCUT2D eigenvalue weighted by Gasteiger charge is -2.33. The van der Waals surface area contributed by atoms with Crippen molar-refractivity contribution in [2.75, 3.05) is 26.2 Å². The van der Waals surface area contributed by atoms with E-state index in [-0.39, 0.29) is 17.5 Å². The van der Waals surface area contributed by atoms with Crippen LogP contribution in [-0.2, 0) is 4.74 Å². The Hall–Kier alpha value is -1.26. The molecule has 2 aliphatic rings. The number of halogens is 1. The molecule has 0 radical (unpaired) electrons. The highest BCUT2D eigenvalue weighted by Gasteiger charge is 2.28. The van der Waals surface area contributed by atoms with Crippen LogP contribution in [0.4, 0.5) is 4.39 Å². The summed E-state index contributed by atoms with van der Waals surface area (Å²) in [5.41, 5.74) is 0.625. The van der Waals surface area contributed by atoms with E-state index in [0.717, 1.165) is 51.9 Å². The van der Waals surface area contributed by atoms with Crippen molar-refractivity contribution in [2.24, 2.45) is 5.92 Å². The van der Waals surface area contributed by atoms with Crippen LogP contribution in [-0.4, -0.2) is 43.0 Å². The van der Waals surface area contributed by atoms with Crippen molar-refractivity contribution in [2.45, 2.75) is 31.8 Å². The normalized spacial score (nSPS) is 26.9. The van der Waals surface area contributed by atoms with E-state index in [1.807, 2.05) is 0 Å². The molecule has 0 aromatic heterocycles. The number of hydrogen-bond donors (Lipinski definition) is 0. The summed E-state index contributed by atoms with van der Waals surface area (Å²) < 4.78 is 18.6. The van der Waals surface area contributed by atoms with E-state index < -0.39 is 0 Å². The number of Topliss-reactive ketones (excluding diaryl/α,β-unsaturated/α-hetero) is 1. The second-order valence-electron chi connectivity index (χ2n) is 6.10. The standard InChI is InChI=1S/C17H22FNO2/c18-15-7-5-13(6-8-15)17(20)14-3-1-9-19(11-14)12-16-4-2-10-21-16/h5-8,14,16H,1-4,9-12H2/t14-,16-/m0/s1. The number of ether oxygens (including phenoxy) is 1. The molecule has 2 fully saturated rings. The molecule has 21 heavy (non-hydrogen) atoms. The first-order valence-corrected chi connectivity index (χ1v) is 7.86. The van der Waals surface area contributed by atoms with Gasteiger partial charge in [0.15, 0.2) is 5.78 Å². The Morgan fingerprint density at radius 3 is 2.76 bits per heavy atom. The molecule has 3 nitrogen and oxygen atoms in total. The molecule has 2 saturated heterocycles. The molecule has 0 N–H and O–H groups in total. The molecule has 0 spiro atoms. The maximum Gasteiger partial charge on any atom is 0.167 e. The van der Waals surface area contributed by atoms with Crippen LogP contribution in [0.2, 0.25) is 0 Å². The monoisotopic (exact) mass is 291 g/mol. The Kier molecular flexibility index (Phi) is 4.66. The van der Waals surface area contributed by atoms with Gasteiger partial charge in [0.25, 0.3) is 0 Å². The first-order valence-electron chi connectivity index (χ1n) is 7.86.